The Balaban J connectivity index is 1.25. The number of hydrogen-bond acceptors (Lipinski definition) is 7. The van der Waals surface area contributed by atoms with Gasteiger partial charge in [0.15, 0.2) is 0 Å². The summed E-state index contributed by atoms with van der Waals surface area (Å²) in [7, 11) is 0. The highest BCUT2D eigenvalue weighted by Crippen LogP contribution is 2.49. The van der Waals surface area contributed by atoms with Gasteiger partial charge in [-0.05, 0) is 48.9 Å². The van der Waals surface area contributed by atoms with E-state index in [1.54, 1.807) is 46.9 Å². The number of carbonyl (C=O) groups is 2. The molecule has 190 valence electrons. The lowest BCUT2D eigenvalue weighted by Gasteiger charge is -2.46. The van der Waals surface area contributed by atoms with Crippen LogP contribution >= 0.6 is 0 Å². The molecule has 1 saturated heterocycles. The summed E-state index contributed by atoms with van der Waals surface area (Å²) in [6.45, 7) is 2.58. The van der Waals surface area contributed by atoms with Crippen molar-refractivity contribution in [3.05, 3.63) is 78.7 Å². The van der Waals surface area contributed by atoms with Crippen LogP contribution in [-0.2, 0) is 21.5 Å². The summed E-state index contributed by atoms with van der Waals surface area (Å²) in [4.78, 5) is 47.2. The standard InChI is InChI=1S/C28H23FN6O3/c1-27(5-6-27)38-26(37)34-14-28(15-34)21-4-7-30-12-23(21)35(25(28)36)13-22-24(18-9-31-16-32-10-18)20-3-2-19(29)8-17(20)11-33-22/h2-4,7-12,16H,5-6,13-15H2,1H3. The highest BCUT2D eigenvalue weighted by atomic mass is 19.1. The topological polar surface area (TPSA) is 101 Å². The number of nitrogens with zero attached hydrogens (tertiary/aromatic N) is 6. The van der Waals surface area contributed by atoms with E-state index < -0.39 is 5.41 Å². The smallest absolute Gasteiger partial charge is 0.410 e. The van der Waals surface area contributed by atoms with Crippen molar-refractivity contribution in [1.29, 1.82) is 0 Å². The van der Waals surface area contributed by atoms with Gasteiger partial charge in [0, 0.05) is 54.4 Å². The highest BCUT2D eigenvalue weighted by Gasteiger charge is 2.60. The summed E-state index contributed by atoms with van der Waals surface area (Å²) in [5.41, 5.74) is 2.37. The Kier molecular flexibility index (Phi) is 4.79. The molecule has 9 nitrogen and oxygen atoms in total. The Labute approximate surface area is 217 Å². The quantitative estimate of drug-likeness (QED) is 0.409. The third-order valence-corrected chi connectivity index (χ3v) is 7.82. The number of amides is 2. The van der Waals surface area contributed by atoms with Gasteiger partial charge >= 0.3 is 6.09 Å². The van der Waals surface area contributed by atoms with Gasteiger partial charge in [0.25, 0.3) is 0 Å². The Bertz CT molecular complexity index is 1620. The molecule has 1 saturated carbocycles. The molecule has 0 bridgehead atoms. The number of anilines is 1. The summed E-state index contributed by atoms with van der Waals surface area (Å²) in [5.74, 6) is -0.471. The van der Waals surface area contributed by atoms with Gasteiger partial charge in [0.2, 0.25) is 5.91 Å². The van der Waals surface area contributed by atoms with Crippen LogP contribution in [0.4, 0.5) is 14.9 Å². The predicted octanol–water partition coefficient (Wildman–Crippen LogP) is 4.02. The summed E-state index contributed by atoms with van der Waals surface area (Å²) >= 11 is 0. The van der Waals surface area contributed by atoms with Crippen LogP contribution in [0.25, 0.3) is 21.9 Å². The van der Waals surface area contributed by atoms with E-state index in [2.05, 4.69) is 19.9 Å². The summed E-state index contributed by atoms with van der Waals surface area (Å²) in [5, 5.41) is 1.42. The zero-order chi connectivity index (χ0) is 26.1. The van der Waals surface area contributed by atoms with Gasteiger partial charge in [0.1, 0.15) is 23.2 Å². The molecule has 5 heterocycles. The number of likely N-dealkylation sites (tertiary alicyclic amines) is 1. The third-order valence-electron chi connectivity index (χ3n) is 7.82. The molecule has 1 spiro atoms. The van der Waals surface area contributed by atoms with Crippen molar-refractivity contribution in [3.8, 4) is 11.1 Å². The van der Waals surface area contributed by atoms with E-state index in [1.165, 1.54) is 18.5 Å². The first-order valence-electron chi connectivity index (χ1n) is 12.4. The molecule has 0 N–H and O–H groups in total. The number of carbonyl (C=O) groups excluding carboxylic acids is 2. The van der Waals surface area contributed by atoms with Crippen molar-refractivity contribution >= 4 is 28.5 Å². The van der Waals surface area contributed by atoms with Crippen LogP contribution < -0.4 is 4.90 Å². The van der Waals surface area contributed by atoms with Crippen LogP contribution in [0.15, 0.2) is 61.6 Å². The second kappa shape index (κ2) is 8.01. The van der Waals surface area contributed by atoms with Crippen molar-refractivity contribution < 1.29 is 18.7 Å². The van der Waals surface area contributed by atoms with Crippen molar-refractivity contribution in [2.24, 2.45) is 0 Å². The average molecular weight is 511 g/mol. The van der Waals surface area contributed by atoms with Crippen LogP contribution in [-0.4, -0.2) is 55.5 Å². The lowest BCUT2D eigenvalue weighted by Crippen LogP contribution is -2.65. The molecule has 0 atom stereocenters. The lowest BCUT2D eigenvalue weighted by atomic mass is 9.75. The molecule has 1 aromatic carbocycles. The molecule has 2 amide bonds. The molecule has 1 aliphatic carbocycles. The van der Waals surface area contributed by atoms with E-state index in [4.69, 9.17) is 4.74 Å². The molecular formula is C28H23FN6O3. The minimum atomic E-state index is -0.849. The number of aromatic nitrogens is 4. The normalized spacial score (nSPS) is 18.4. The number of pyridine rings is 2. The van der Waals surface area contributed by atoms with Crippen molar-refractivity contribution in [1.82, 2.24) is 24.8 Å². The van der Waals surface area contributed by atoms with E-state index in [0.717, 1.165) is 29.4 Å². The Morgan fingerprint density at radius 2 is 1.87 bits per heavy atom. The third kappa shape index (κ3) is 3.43. The van der Waals surface area contributed by atoms with Gasteiger partial charge in [0.05, 0.1) is 24.1 Å². The minimum absolute atomic E-state index is 0.113. The molecule has 7 rings (SSSR count). The fourth-order valence-corrected chi connectivity index (χ4v) is 5.49. The maximum atomic E-state index is 14.0. The molecule has 38 heavy (non-hydrogen) atoms. The Morgan fingerprint density at radius 1 is 1.08 bits per heavy atom. The van der Waals surface area contributed by atoms with E-state index in [-0.39, 0.29) is 43.1 Å². The van der Waals surface area contributed by atoms with Gasteiger partial charge in [-0.25, -0.2) is 19.2 Å². The molecule has 4 aromatic rings. The largest absolute Gasteiger partial charge is 0.443 e. The zero-order valence-corrected chi connectivity index (χ0v) is 20.6. The molecule has 10 heteroatoms. The number of rotatable bonds is 4. The van der Waals surface area contributed by atoms with Crippen molar-refractivity contribution in [2.45, 2.75) is 37.3 Å². The van der Waals surface area contributed by atoms with Crippen LogP contribution in [0, 0.1) is 5.82 Å². The monoisotopic (exact) mass is 510 g/mol. The molecule has 0 radical (unpaired) electrons. The van der Waals surface area contributed by atoms with Crippen LogP contribution in [0.3, 0.4) is 0 Å². The van der Waals surface area contributed by atoms with Gasteiger partial charge in [-0.2, -0.15) is 0 Å². The Hall–Kier alpha value is -4.47. The first-order valence-corrected chi connectivity index (χ1v) is 12.4. The lowest BCUT2D eigenvalue weighted by molar-refractivity contribution is -0.128. The number of hydrogen-bond donors (Lipinski definition) is 0. The van der Waals surface area contributed by atoms with Gasteiger partial charge < -0.3 is 14.5 Å². The zero-order valence-electron chi connectivity index (χ0n) is 20.6. The van der Waals surface area contributed by atoms with E-state index >= 15 is 0 Å². The van der Waals surface area contributed by atoms with E-state index in [1.807, 2.05) is 13.0 Å². The summed E-state index contributed by atoms with van der Waals surface area (Å²) in [6.07, 6.45) is 11.1. The molecule has 2 aliphatic heterocycles. The predicted molar refractivity (Wildman–Crippen MR) is 136 cm³/mol. The van der Waals surface area contributed by atoms with Crippen molar-refractivity contribution in [2.75, 3.05) is 18.0 Å². The SMILES string of the molecule is CC1(OC(=O)N2CC3(C2)C(=O)N(Cc2ncc4cc(F)ccc4c2-c2cncnc2)c2cnccc23)CC1. The number of ether oxygens (including phenoxy) is 1. The molecular weight excluding hydrogens is 487 g/mol. The maximum absolute atomic E-state index is 14.0. The second-order valence-corrected chi connectivity index (χ2v) is 10.5. The molecule has 2 fully saturated rings. The van der Waals surface area contributed by atoms with E-state index in [0.29, 0.717) is 22.3 Å². The first-order chi connectivity index (χ1) is 18.4. The number of benzene rings is 1. The fourth-order valence-electron chi connectivity index (χ4n) is 5.49. The van der Waals surface area contributed by atoms with Gasteiger partial charge in [-0.1, -0.05) is 6.07 Å². The molecule has 3 aromatic heterocycles. The molecule has 0 unspecified atom stereocenters. The van der Waals surface area contributed by atoms with Crippen LogP contribution in [0.1, 0.15) is 31.0 Å². The van der Waals surface area contributed by atoms with Crippen LogP contribution in [0.5, 0.6) is 0 Å². The molecule has 3 aliphatic rings. The number of fused-ring (bicyclic) bond motifs is 3. The van der Waals surface area contributed by atoms with Gasteiger partial charge in [-0.15, -0.1) is 0 Å². The van der Waals surface area contributed by atoms with Gasteiger partial charge in [-0.3, -0.25) is 14.8 Å². The van der Waals surface area contributed by atoms with E-state index in [9.17, 15) is 14.0 Å². The Morgan fingerprint density at radius 3 is 2.63 bits per heavy atom. The second-order valence-electron chi connectivity index (χ2n) is 10.5. The highest BCUT2D eigenvalue weighted by molar-refractivity contribution is 6.10. The number of halogens is 1. The van der Waals surface area contributed by atoms with Crippen molar-refractivity contribution in [3.63, 3.8) is 0 Å². The average Bonchev–Trinajstić information content (AvgIpc) is 3.57. The summed E-state index contributed by atoms with van der Waals surface area (Å²) < 4.78 is 19.6. The fraction of sp³-hybridized carbons (Fsp3) is 0.286. The summed E-state index contributed by atoms with van der Waals surface area (Å²) in [6, 6.07) is 6.38. The maximum Gasteiger partial charge on any atom is 0.410 e. The first kappa shape index (κ1) is 22.7. The minimum Gasteiger partial charge on any atom is -0.443 e. The van der Waals surface area contributed by atoms with Crippen LogP contribution in [0.2, 0.25) is 0 Å².